The molecule has 3 heteroatoms. The number of aromatic nitrogens is 2. The first-order valence-electron chi connectivity index (χ1n) is 10.1. The summed E-state index contributed by atoms with van der Waals surface area (Å²) in [4.78, 5) is 8.04. The van der Waals surface area contributed by atoms with Gasteiger partial charge in [-0.15, -0.1) is 0 Å². The molecule has 0 radical (unpaired) electrons. The summed E-state index contributed by atoms with van der Waals surface area (Å²) >= 11 is 6.08. The van der Waals surface area contributed by atoms with Gasteiger partial charge in [0.25, 0.3) is 0 Å². The van der Waals surface area contributed by atoms with Crippen molar-refractivity contribution in [1.82, 2.24) is 9.97 Å². The van der Waals surface area contributed by atoms with Gasteiger partial charge in [0.2, 0.25) is 0 Å². The molecule has 2 nitrogen and oxygen atoms in total. The Hall–Kier alpha value is -2.58. The molecule has 1 N–H and O–H groups in total. The molecule has 0 saturated heterocycles. The summed E-state index contributed by atoms with van der Waals surface area (Å²) in [6.45, 7) is 0. The van der Waals surface area contributed by atoms with Crippen LogP contribution in [0.25, 0.3) is 33.5 Å². The number of aromatic amines is 1. The first kappa shape index (κ1) is 17.5. The van der Waals surface area contributed by atoms with E-state index in [0.717, 1.165) is 33.4 Å². The lowest BCUT2D eigenvalue weighted by Crippen LogP contribution is -2.04. The minimum absolute atomic E-state index is 0.717. The number of halogens is 1. The molecule has 4 aromatic rings. The number of nitrogens with zero attached hydrogens (tertiary/aromatic N) is 1. The van der Waals surface area contributed by atoms with Gasteiger partial charge < -0.3 is 4.98 Å². The number of nitrogens with one attached hydrogen (secondary N) is 1. The zero-order valence-electron chi connectivity index (χ0n) is 15.8. The molecule has 3 aromatic carbocycles. The van der Waals surface area contributed by atoms with Crippen molar-refractivity contribution in [1.29, 1.82) is 0 Å². The highest BCUT2D eigenvalue weighted by Crippen LogP contribution is 2.34. The highest BCUT2D eigenvalue weighted by molar-refractivity contribution is 6.31. The highest BCUT2D eigenvalue weighted by Gasteiger charge is 2.15. The predicted molar refractivity (Wildman–Crippen MR) is 118 cm³/mol. The van der Waals surface area contributed by atoms with Gasteiger partial charge in [0.1, 0.15) is 5.82 Å². The zero-order chi connectivity index (χ0) is 18.9. The smallest absolute Gasteiger partial charge is 0.138 e. The van der Waals surface area contributed by atoms with E-state index in [-0.39, 0.29) is 0 Å². The maximum atomic E-state index is 6.08. The standard InChI is InChI=1S/C25H23ClN2/c26-22-14-15-23-24(16-22)28-25(27-23)21-12-10-20(11-13-21)19-8-6-18(7-9-19)17-4-2-1-3-5-17/h6-17H,1-5H2,(H,27,28). The second-order valence-electron chi connectivity index (χ2n) is 7.78. The number of imidazole rings is 1. The van der Waals surface area contributed by atoms with E-state index >= 15 is 0 Å². The van der Waals surface area contributed by atoms with Crippen LogP contribution in [0.2, 0.25) is 5.02 Å². The molecule has 1 saturated carbocycles. The quantitative estimate of drug-likeness (QED) is 0.385. The molecule has 5 rings (SSSR count). The maximum absolute atomic E-state index is 6.08. The Balaban J connectivity index is 1.38. The molecular weight excluding hydrogens is 364 g/mol. The first-order chi connectivity index (χ1) is 13.8. The van der Waals surface area contributed by atoms with Crippen molar-refractivity contribution in [3.05, 3.63) is 77.3 Å². The van der Waals surface area contributed by atoms with Gasteiger partial charge in [-0.3, -0.25) is 0 Å². The van der Waals surface area contributed by atoms with Crippen molar-refractivity contribution in [2.75, 3.05) is 0 Å². The number of benzene rings is 3. The van der Waals surface area contributed by atoms with Crippen LogP contribution in [-0.2, 0) is 0 Å². The summed E-state index contributed by atoms with van der Waals surface area (Å²) in [6.07, 6.45) is 6.84. The van der Waals surface area contributed by atoms with Gasteiger partial charge in [0.05, 0.1) is 11.0 Å². The molecule has 1 aliphatic carbocycles. The number of hydrogen-bond acceptors (Lipinski definition) is 1. The fourth-order valence-corrected chi connectivity index (χ4v) is 4.49. The first-order valence-corrected chi connectivity index (χ1v) is 10.5. The molecule has 28 heavy (non-hydrogen) atoms. The van der Waals surface area contributed by atoms with E-state index in [9.17, 15) is 0 Å². The van der Waals surface area contributed by atoms with E-state index in [1.807, 2.05) is 18.2 Å². The summed E-state index contributed by atoms with van der Waals surface area (Å²) in [6, 6.07) is 23.5. The lowest BCUT2D eigenvalue weighted by Gasteiger charge is -2.22. The van der Waals surface area contributed by atoms with Gasteiger partial charge >= 0.3 is 0 Å². The van der Waals surface area contributed by atoms with Crippen molar-refractivity contribution < 1.29 is 0 Å². The Bertz CT molecular complexity index is 1090. The van der Waals surface area contributed by atoms with Crippen LogP contribution in [-0.4, -0.2) is 9.97 Å². The molecule has 0 unspecified atom stereocenters. The molecule has 0 bridgehead atoms. The van der Waals surface area contributed by atoms with E-state index in [2.05, 4.69) is 58.5 Å². The second kappa shape index (κ2) is 7.44. The number of H-pyrrole nitrogens is 1. The van der Waals surface area contributed by atoms with Crippen molar-refractivity contribution >= 4 is 22.6 Å². The molecule has 0 atom stereocenters. The summed E-state index contributed by atoms with van der Waals surface area (Å²) in [5.74, 6) is 1.63. The van der Waals surface area contributed by atoms with Gasteiger partial charge in [-0.2, -0.15) is 0 Å². The molecule has 0 amide bonds. The van der Waals surface area contributed by atoms with Crippen LogP contribution in [0.3, 0.4) is 0 Å². The van der Waals surface area contributed by atoms with Crippen LogP contribution in [0.4, 0.5) is 0 Å². The molecule has 1 aliphatic rings. The monoisotopic (exact) mass is 386 g/mol. The van der Waals surface area contributed by atoms with Crippen LogP contribution in [0.15, 0.2) is 66.7 Å². The Morgan fingerprint density at radius 3 is 2.11 bits per heavy atom. The van der Waals surface area contributed by atoms with E-state index in [1.54, 1.807) is 0 Å². The minimum Gasteiger partial charge on any atom is -0.338 e. The summed E-state index contributed by atoms with van der Waals surface area (Å²) in [7, 11) is 0. The molecule has 140 valence electrons. The Morgan fingerprint density at radius 1 is 0.750 bits per heavy atom. The van der Waals surface area contributed by atoms with Crippen molar-refractivity contribution in [3.63, 3.8) is 0 Å². The van der Waals surface area contributed by atoms with Crippen molar-refractivity contribution in [3.8, 4) is 22.5 Å². The van der Waals surface area contributed by atoms with E-state index < -0.39 is 0 Å². The Labute approximate surface area is 170 Å². The van der Waals surface area contributed by atoms with Crippen molar-refractivity contribution in [2.45, 2.75) is 38.0 Å². The zero-order valence-corrected chi connectivity index (χ0v) is 16.5. The van der Waals surface area contributed by atoms with Crippen LogP contribution in [0, 0.1) is 0 Å². The molecule has 1 fully saturated rings. The van der Waals surface area contributed by atoms with Gasteiger partial charge in [-0.25, -0.2) is 4.98 Å². The fraction of sp³-hybridized carbons (Fsp3) is 0.240. The van der Waals surface area contributed by atoms with E-state index in [4.69, 9.17) is 11.6 Å². The third-order valence-corrected chi connectivity index (χ3v) is 6.16. The van der Waals surface area contributed by atoms with Gasteiger partial charge in [-0.05, 0) is 53.6 Å². The van der Waals surface area contributed by atoms with Gasteiger partial charge in [-0.1, -0.05) is 79.4 Å². The summed E-state index contributed by atoms with van der Waals surface area (Å²) in [5.41, 5.74) is 6.98. The third-order valence-electron chi connectivity index (χ3n) is 5.92. The lowest BCUT2D eigenvalue weighted by atomic mass is 9.84. The molecule has 0 spiro atoms. The SMILES string of the molecule is Clc1ccc2nc(-c3ccc(-c4ccc(C5CCCCC5)cc4)cc3)[nH]c2c1. The van der Waals surface area contributed by atoms with Crippen LogP contribution in [0.1, 0.15) is 43.6 Å². The maximum Gasteiger partial charge on any atom is 0.138 e. The summed E-state index contributed by atoms with van der Waals surface area (Å²) in [5, 5.41) is 0.717. The van der Waals surface area contributed by atoms with Gasteiger partial charge in [0, 0.05) is 10.6 Å². The Kier molecular flexibility index (Phi) is 4.66. The number of fused-ring (bicyclic) bond motifs is 1. The van der Waals surface area contributed by atoms with Gasteiger partial charge in [0.15, 0.2) is 0 Å². The summed E-state index contributed by atoms with van der Waals surface area (Å²) < 4.78 is 0. The number of hydrogen-bond donors (Lipinski definition) is 1. The van der Waals surface area contributed by atoms with Crippen LogP contribution >= 0.6 is 11.6 Å². The van der Waals surface area contributed by atoms with Crippen molar-refractivity contribution in [2.24, 2.45) is 0 Å². The average Bonchev–Trinajstić information content (AvgIpc) is 3.18. The molecule has 1 heterocycles. The lowest BCUT2D eigenvalue weighted by molar-refractivity contribution is 0.443. The van der Waals surface area contributed by atoms with Crippen LogP contribution in [0.5, 0.6) is 0 Å². The third kappa shape index (κ3) is 3.45. The molecule has 0 aliphatic heterocycles. The largest absolute Gasteiger partial charge is 0.338 e. The highest BCUT2D eigenvalue weighted by atomic mass is 35.5. The Morgan fingerprint density at radius 2 is 1.39 bits per heavy atom. The molecular formula is C25H23ClN2. The second-order valence-corrected chi connectivity index (χ2v) is 8.22. The predicted octanol–water partition coefficient (Wildman–Crippen LogP) is 7.60. The topological polar surface area (TPSA) is 28.7 Å². The van der Waals surface area contributed by atoms with E-state index in [0.29, 0.717) is 0 Å². The fourth-order valence-electron chi connectivity index (χ4n) is 4.32. The van der Waals surface area contributed by atoms with Crippen LogP contribution < -0.4 is 0 Å². The number of rotatable bonds is 3. The molecule has 1 aromatic heterocycles. The van der Waals surface area contributed by atoms with E-state index in [1.165, 1.54) is 48.8 Å². The normalized spacial score (nSPS) is 15.2. The minimum atomic E-state index is 0.717. The average molecular weight is 387 g/mol.